The van der Waals surface area contributed by atoms with Gasteiger partial charge in [0.15, 0.2) is 0 Å². The summed E-state index contributed by atoms with van der Waals surface area (Å²) in [6.07, 6.45) is 1.19. The molecule has 1 unspecified atom stereocenters. The van der Waals surface area contributed by atoms with Crippen LogP contribution in [0.1, 0.15) is 34.1 Å². The van der Waals surface area contributed by atoms with Crippen LogP contribution >= 0.6 is 0 Å². The van der Waals surface area contributed by atoms with Crippen LogP contribution in [-0.4, -0.2) is 50.8 Å². The van der Waals surface area contributed by atoms with E-state index >= 15 is 0 Å². The zero-order chi connectivity index (χ0) is 12.4. The Morgan fingerprint density at radius 3 is 2.31 bits per heavy atom. The molecule has 0 aromatic carbocycles. The fraction of sp³-hybridized carbons (Fsp3) is 1.00. The molecular formula is C13H30N2O. The van der Waals surface area contributed by atoms with Gasteiger partial charge in [-0.05, 0) is 18.9 Å². The van der Waals surface area contributed by atoms with Crippen molar-refractivity contribution in [3.63, 3.8) is 0 Å². The Kier molecular flexibility index (Phi) is 9.99. The Labute approximate surface area is 102 Å². The van der Waals surface area contributed by atoms with Gasteiger partial charge < -0.3 is 10.1 Å². The molecule has 0 aliphatic rings. The first-order valence-electron chi connectivity index (χ1n) is 6.58. The molecule has 0 spiro atoms. The Balaban J connectivity index is 4.04. The minimum atomic E-state index is 0.612. The lowest BCUT2D eigenvalue weighted by atomic mass is 10.1. The van der Waals surface area contributed by atoms with Gasteiger partial charge in [-0.1, -0.05) is 27.7 Å². The van der Waals surface area contributed by atoms with Crippen molar-refractivity contribution < 1.29 is 4.74 Å². The molecule has 0 rings (SSSR count). The molecule has 0 radical (unpaired) electrons. The van der Waals surface area contributed by atoms with Crippen molar-refractivity contribution in [2.24, 2.45) is 5.92 Å². The second-order valence-corrected chi connectivity index (χ2v) is 4.81. The molecule has 0 aliphatic carbocycles. The number of hydrogen-bond donors (Lipinski definition) is 1. The smallest absolute Gasteiger partial charge is 0.0589 e. The van der Waals surface area contributed by atoms with E-state index in [0.717, 1.165) is 38.7 Å². The van der Waals surface area contributed by atoms with Crippen LogP contribution in [0, 0.1) is 5.92 Å². The minimum Gasteiger partial charge on any atom is -0.383 e. The van der Waals surface area contributed by atoms with Gasteiger partial charge in [-0.25, -0.2) is 0 Å². The fourth-order valence-electron chi connectivity index (χ4n) is 1.93. The first-order chi connectivity index (χ1) is 7.63. The molecule has 0 aromatic rings. The first kappa shape index (κ1) is 15.9. The molecule has 98 valence electrons. The van der Waals surface area contributed by atoms with Crippen LogP contribution in [0.25, 0.3) is 0 Å². The molecular weight excluding hydrogens is 200 g/mol. The van der Waals surface area contributed by atoms with Crippen LogP contribution in [0.2, 0.25) is 0 Å². The molecule has 0 bridgehead atoms. The van der Waals surface area contributed by atoms with Gasteiger partial charge in [-0.3, -0.25) is 4.90 Å². The summed E-state index contributed by atoms with van der Waals surface area (Å²) in [4.78, 5) is 2.50. The van der Waals surface area contributed by atoms with Gasteiger partial charge in [0.1, 0.15) is 0 Å². The van der Waals surface area contributed by atoms with E-state index in [1.165, 1.54) is 6.42 Å². The third kappa shape index (κ3) is 8.08. The van der Waals surface area contributed by atoms with E-state index in [1.807, 2.05) is 0 Å². The van der Waals surface area contributed by atoms with Crippen molar-refractivity contribution in [3.8, 4) is 0 Å². The van der Waals surface area contributed by atoms with Gasteiger partial charge in [0.25, 0.3) is 0 Å². The predicted molar refractivity (Wildman–Crippen MR) is 70.9 cm³/mol. The van der Waals surface area contributed by atoms with Gasteiger partial charge in [-0.15, -0.1) is 0 Å². The van der Waals surface area contributed by atoms with E-state index in [-0.39, 0.29) is 0 Å². The van der Waals surface area contributed by atoms with E-state index in [1.54, 1.807) is 7.11 Å². The Bertz CT molecular complexity index is 151. The third-order valence-electron chi connectivity index (χ3n) is 2.70. The average Bonchev–Trinajstić information content (AvgIpc) is 2.24. The van der Waals surface area contributed by atoms with E-state index in [4.69, 9.17) is 4.74 Å². The topological polar surface area (TPSA) is 24.5 Å². The maximum absolute atomic E-state index is 5.17. The zero-order valence-electron chi connectivity index (χ0n) is 11.8. The monoisotopic (exact) mass is 230 g/mol. The number of ether oxygens (including phenoxy) is 1. The van der Waals surface area contributed by atoms with Gasteiger partial charge in [-0.2, -0.15) is 0 Å². The number of methoxy groups -OCH3 is 1. The number of nitrogens with one attached hydrogen (secondary N) is 1. The summed E-state index contributed by atoms with van der Waals surface area (Å²) in [5, 5.41) is 3.53. The molecule has 0 saturated carbocycles. The lowest BCUT2D eigenvalue weighted by Crippen LogP contribution is -2.43. The van der Waals surface area contributed by atoms with Crippen LogP contribution in [0.3, 0.4) is 0 Å². The summed E-state index contributed by atoms with van der Waals surface area (Å²) in [5.41, 5.74) is 0. The predicted octanol–water partition coefficient (Wildman–Crippen LogP) is 1.98. The van der Waals surface area contributed by atoms with Gasteiger partial charge in [0.2, 0.25) is 0 Å². The second kappa shape index (κ2) is 10.1. The Morgan fingerprint density at radius 2 is 1.88 bits per heavy atom. The Hall–Kier alpha value is -0.120. The summed E-state index contributed by atoms with van der Waals surface area (Å²) in [6, 6.07) is 0.612. The minimum absolute atomic E-state index is 0.612. The highest BCUT2D eigenvalue weighted by Gasteiger charge is 2.12. The Morgan fingerprint density at radius 1 is 1.19 bits per heavy atom. The van der Waals surface area contributed by atoms with Crippen molar-refractivity contribution in [2.75, 3.05) is 39.9 Å². The third-order valence-corrected chi connectivity index (χ3v) is 2.70. The van der Waals surface area contributed by atoms with Gasteiger partial charge in [0.05, 0.1) is 6.61 Å². The quantitative estimate of drug-likeness (QED) is 0.621. The summed E-state index contributed by atoms with van der Waals surface area (Å²) < 4.78 is 5.17. The molecule has 0 aliphatic heterocycles. The number of nitrogens with zero attached hydrogens (tertiary/aromatic N) is 1. The number of hydrogen-bond acceptors (Lipinski definition) is 3. The maximum Gasteiger partial charge on any atom is 0.0589 e. The standard InChI is InChI=1S/C13H30N2O/c1-6-13(14-7-2)11-15(8-9-16-5)10-12(3)4/h12-14H,6-11H2,1-5H3. The summed E-state index contributed by atoms with van der Waals surface area (Å²) in [5.74, 6) is 0.719. The first-order valence-corrected chi connectivity index (χ1v) is 6.58. The van der Waals surface area contributed by atoms with Crippen LogP contribution in [0.15, 0.2) is 0 Å². The SMILES string of the molecule is CCNC(CC)CN(CCOC)CC(C)C. The molecule has 16 heavy (non-hydrogen) atoms. The van der Waals surface area contributed by atoms with Crippen LogP contribution in [-0.2, 0) is 4.74 Å². The largest absolute Gasteiger partial charge is 0.383 e. The normalized spacial score (nSPS) is 13.7. The van der Waals surface area contributed by atoms with Crippen molar-refractivity contribution in [1.29, 1.82) is 0 Å². The van der Waals surface area contributed by atoms with Gasteiger partial charge in [0, 0.05) is 32.8 Å². The number of likely N-dealkylation sites (N-methyl/N-ethyl adjacent to an activating group) is 1. The molecule has 3 heteroatoms. The van der Waals surface area contributed by atoms with Crippen LogP contribution in [0.5, 0.6) is 0 Å². The van der Waals surface area contributed by atoms with Crippen LogP contribution in [0.4, 0.5) is 0 Å². The number of rotatable bonds is 10. The fourth-order valence-corrected chi connectivity index (χ4v) is 1.93. The highest BCUT2D eigenvalue weighted by molar-refractivity contribution is 4.71. The van der Waals surface area contributed by atoms with Crippen molar-refractivity contribution in [3.05, 3.63) is 0 Å². The highest BCUT2D eigenvalue weighted by atomic mass is 16.5. The van der Waals surface area contributed by atoms with Crippen molar-refractivity contribution in [1.82, 2.24) is 10.2 Å². The van der Waals surface area contributed by atoms with Crippen LogP contribution < -0.4 is 5.32 Å². The molecule has 0 heterocycles. The highest BCUT2D eigenvalue weighted by Crippen LogP contribution is 2.02. The molecule has 1 atom stereocenters. The molecule has 0 fully saturated rings. The lowest BCUT2D eigenvalue weighted by molar-refractivity contribution is 0.132. The molecule has 0 saturated heterocycles. The van der Waals surface area contributed by atoms with Crippen molar-refractivity contribution in [2.45, 2.75) is 40.2 Å². The van der Waals surface area contributed by atoms with E-state index < -0.39 is 0 Å². The molecule has 0 aromatic heterocycles. The van der Waals surface area contributed by atoms with E-state index in [2.05, 4.69) is 37.9 Å². The zero-order valence-corrected chi connectivity index (χ0v) is 11.8. The average molecular weight is 230 g/mol. The van der Waals surface area contributed by atoms with E-state index in [0.29, 0.717) is 6.04 Å². The van der Waals surface area contributed by atoms with E-state index in [9.17, 15) is 0 Å². The van der Waals surface area contributed by atoms with Crippen molar-refractivity contribution >= 4 is 0 Å². The molecule has 3 nitrogen and oxygen atoms in total. The summed E-state index contributed by atoms with van der Waals surface area (Å²) in [6.45, 7) is 14.2. The second-order valence-electron chi connectivity index (χ2n) is 4.81. The molecule has 0 amide bonds. The maximum atomic E-state index is 5.17. The molecule has 1 N–H and O–H groups in total. The lowest BCUT2D eigenvalue weighted by Gasteiger charge is -2.28. The summed E-state index contributed by atoms with van der Waals surface area (Å²) in [7, 11) is 1.77. The summed E-state index contributed by atoms with van der Waals surface area (Å²) >= 11 is 0. The van der Waals surface area contributed by atoms with Gasteiger partial charge >= 0.3 is 0 Å².